The highest BCUT2D eigenvalue weighted by Crippen LogP contribution is 2.26. The number of hydrogen-bond donors (Lipinski definition) is 0. The van der Waals surface area contributed by atoms with Gasteiger partial charge < -0.3 is 4.74 Å². The van der Waals surface area contributed by atoms with Crippen molar-refractivity contribution in [2.45, 2.75) is 30.4 Å². The molecule has 0 atom stereocenters. The third kappa shape index (κ3) is 4.30. The Morgan fingerprint density at radius 2 is 2.16 bits per heavy atom. The molecule has 0 aliphatic carbocycles. The Balaban J connectivity index is 1.94. The molecule has 3 nitrogen and oxygen atoms in total. The van der Waals surface area contributed by atoms with Crippen LogP contribution in [0.5, 0.6) is 0 Å². The van der Waals surface area contributed by atoms with E-state index >= 15 is 0 Å². The molecule has 0 unspecified atom stereocenters. The second-order valence-corrected chi connectivity index (χ2v) is 6.41. The predicted octanol–water partition coefficient (Wildman–Crippen LogP) is 3.64. The van der Waals surface area contributed by atoms with E-state index in [1.807, 2.05) is 0 Å². The molecule has 2 rings (SSSR count). The van der Waals surface area contributed by atoms with Crippen molar-refractivity contribution in [1.29, 1.82) is 0 Å². The number of methoxy groups -OCH3 is 1. The van der Waals surface area contributed by atoms with E-state index in [1.54, 1.807) is 18.9 Å². The number of hydrogen-bond acceptors (Lipinski definition) is 5. The summed E-state index contributed by atoms with van der Waals surface area (Å²) >= 11 is 3.23. The van der Waals surface area contributed by atoms with Crippen molar-refractivity contribution in [3.05, 3.63) is 40.7 Å². The molecule has 0 aliphatic heterocycles. The quantitative estimate of drug-likeness (QED) is 0.762. The number of benzene rings is 1. The fourth-order valence-electron chi connectivity index (χ4n) is 1.69. The second-order valence-electron chi connectivity index (χ2n) is 4.44. The van der Waals surface area contributed by atoms with Gasteiger partial charge in [0.2, 0.25) is 0 Å². The van der Waals surface area contributed by atoms with Gasteiger partial charge in [0.1, 0.15) is 5.82 Å². The standard InChI is InChI=1S/C14H18N2OS2/c1-10-4-5-11(2)12(8-10)9-18-14-15-13(16-19-14)6-7-17-3/h4-5,8H,6-7,9H2,1-3H3. The van der Waals surface area contributed by atoms with Crippen LogP contribution in [0.1, 0.15) is 22.5 Å². The molecule has 0 spiro atoms. The number of rotatable bonds is 6. The van der Waals surface area contributed by atoms with Crippen LogP contribution in [0.15, 0.2) is 22.5 Å². The average molecular weight is 294 g/mol. The van der Waals surface area contributed by atoms with Gasteiger partial charge in [0.25, 0.3) is 0 Å². The van der Waals surface area contributed by atoms with Gasteiger partial charge in [0.05, 0.1) is 6.61 Å². The molecular formula is C14H18N2OS2. The largest absolute Gasteiger partial charge is 0.384 e. The highest BCUT2D eigenvalue weighted by molar-refractivity contribution is 8.00. The molecular weight excluding hydrogens is 276 g/mol. The first-order valence-corrected chi connectivity index (χ1v) is 7.95. The zero-order valence-corrected chi connectivity index (χ0v) is 13.1. The Kier molecular flexibility index (Phi) is 5.36. The summed E-state index contributed by atoms with van der Waals surface area (Å²) in [6.07, 6.45) is 0.789. The summed E-state index contributed by atoms with van der Waals surface area (Å²) in [7, 11) is 1.70. The van der Waals surface area contributed by atoms with E-state index in [1.165, 1.54) is 28.2 Å². The lowest BCUT2D eigenvalue weighted by molar-refractivity contribution is 0.200. The van der Waals surface area contributed by atoms with Gasteiger partial charge in [-0.05, 0) is 36.5 Å². The summed E-state index contributed by atoms with van der Waals surface area (Å²) in [4.78, 5) is 4.51. The molecule has 0 bridgehead atoms. The molecule has 0 aliphatic rings. The van der Waals surface area contributed by atoms with E-state index in [2.05, 4.69) is 41.4 Å². The Hall–Kier alpha value is -0.910. The molecule has 0 saturated carbocycles. The van der Waals surface area contributed by atoms with Crippen molar-refractivity contribution in [1.82, 2.24) is 9.36 Å². The maximum Gasteiger partial charge on any atom is 0.170 e. The van der Waals surface area contributed by atoms with Gasteiger partial charge in [-0.15, -0.1) is 0 Å². The first kappa shape index (κ1) is 14.5. The van der Waals surface area contributed by atoms with Crippen LogP contribution in [0.2, 0.25) is 0 Å². The number of ether oxygens (including phenoxy) is 1. The molecule has 102 valence electrons. The summed E-state index contributed by atoms with van der Waals surface area (Å²) < 4.78 is 10.4. The lowest BCUT2D eigenvalue weighted by Crippen LogP contribution is -1.95. The number of aromatic nitrogens is 2. The molecule has 0 radical (unpaired) electrons. The van der Waals surface area contributed by atoms with E-state index in [0.717, 1.165) is 22.3 Å². The van der Waals surface area contributed by atoms with Crippen molar-refractivity contribution in [2.24, 2.45) is 0 Å². The smallest absolute Gasteiger partial charge is 0.170 e. The minimum atomic E-state index is 0.678. The van der Waals surface area contributed by atoms with Crippen LogP contribution in [0.25, 0.3) is 0 Å². The normalized spacial score (nSPS) is 10.9. The predicted molar refractivity (Wildman–Crippen MR) is 81.0 cm³/mol. The van der Waals surface area contributed by atoms with Gasteiger partial charge >= 0.3 is 0 Å². The third-order valence-corrected chi connectivity index (χ3v) is 4.76. The lowest BCUT2D eigenvalue weighted by Gasteiger charge is -2.05. The molecule has 0 N–H and O–H groups in total. The number of thioether (sulfide) groups is 1. The summed E-state index contributed by atoms with van der Waals surface area (Å²) in [5.74, 6) is 1.84. The van der Waals surface area contributed by atoms with Crippen molar-refractivity contribution in [3.63, 3.8) is 0 Å². The van der Waals surface area contributed by atoms with Crippen LogP contribution in [0.4, 0.5) is 0 Å². The highest BCUT2D eigenvalue weighted by atomic mass is 32.2. The number of aryl methyl sites for hydroxylation is 2. The summed E-state index contributed by atoms with van der Waals surface area (Å²) in [6.45, 7) is 4.96. The van der Waals surface area contributed by atoms with Gasteiger partial charge in [-0.2, -0.15) is 4.37 Å². The molecule has 1 aromatic carbocycles. The van der Waals surface area contributed by atoms with Crippen LogP contribution >= 0.6 is 23.3 Å². The topological polar surface area (TPSA) is 35.0 Å². The van der Waals surface area contributed by atoms with Crippen LogP contribution in [-0.2, 0) is 16.9 Å². The highest BCUT2D eigenvalue weighted by Gasteiger charge is 2.06. The average Bonchev–Trinajstić information content (AvgIpc) is 2.85. The van der Waals surface area contributed by atoms with E-state index in [4.69, 9.17) is 4.74 Å². The maximum absolute atomic E-state index is 5.03. The van der Waals surface area contributed by atoms with Crippen molar-refractivity contribution in [2.75, 3.05) is 13.7 Å². The van der Waals surface area contributed by atoms with E-state index in [-0.39, 0.29) is 0 Å². The monoisotopic (exact) mass is 294 g/mol. The Morgan fingerprint density at radius 3 is 2.95 bits per heavy atom. The summed E-state index contributed by atoms with van der Waals surface area (Å²) in [5, 5.41) is 0. The third-order valence-electron chi connectivity index (χ3n) is 2.84. The second kappa shape index (κ2) is 7.03. The van der Waals surface area contributed by atoms with Crippen molar-refractivity contribution in [3.8, 4) is 0 Å². The van der Waals surface area contributed by atoms with Gasteiger partial charge in [0.15, 0.2) is 4.34 Å². The minimum absolute atomic E-state index is 0.678. The molecule has 1 aromatic heterocycles. The van der Waals surface area contributed by atoms with E-state index in [0.29, 0.717) is 6.61 Å². The molecule has 5 heteroatoms. The molecule has 1 heterocycles. The SMILES string of the molecule is COCCc1nsc(SCc2cc(C)ccc2C)n1. The van der Waals surface area contributed by atoms with Crippen LogP contribution < -0.4 is 0 Å². The fraction of sp³-hybridized carbons (Fsp3) is 0.429. The lowest BCUT2D eigenvalue weighted by atomic mass is 10.1. The van der Waals surface area contributed by atoms with Crippen LogP contribution in [0, 0.1) is 13.8 Å². The molecule has 0 fully saturated rings. The van der Waals surface area contributed by atoms with Gasteiger partial charge in [-0.1, -0.05) is 35.5 Å². The van der Waals surface area contributed by atoms with Gasteiger partial charge in [-0.3, -0.25) is 0 Å². The maximum atomic E-state index is 5.03. The molecule has 0 amide bonds. The minimum Gasteiger partial charge on any atom is -0.384 e. The molecule has 19 heavy (non-hydrogen) atoms. The Labute approximate surface area is 122 Å². The Bertz CT molecular complexity index is 540. The van der Waals surface area contributed by atoms with Crippen LogP contribution in [0.3, 0.4) is 0 Å². The molecule has 0 saturated heterocycles. The van der Waals surface area contributed by atoms with Crippen molar-refractivity contribution >= 4 is 23.3 Å². The van der Waals surface area contributed by atoms with Crippen molar-refractivity contribution < 1.29 is 4.74 Å². The van der Waals surface area contributed by atoms with E-state index in [9.17, 15) is 0 Å². The van der Waals surface area contributed by atoms with Gasteiger partial charge in [-0.25, -0.2) is 4.98 Å². The van der Waals surface area contributed by atoms with E-state index < -0.39 is 0 Å². The zero-order chi connectivity index (χ0) is 13.7. The molecule has 2 aromatic rings. The Morgan fingerprint density at radius 1 is 1.32 bits per heavy atom. The first-order valence-electron chi connectivity index (χ1n) is 6.19. The summed E-state index contributed by atoms with van der Waals surface area (Å²) in [5.41, 5.74) is 4.01. The van der Waals surface area contributed by atoms with Crippen LogP contribution in [-0.4, -0.2) is 23.1 Å². The van der Waals surface area contributed by atoms with Gasteiger partial charge in [0, 0.05) is 19.3 Å². The fourth-order valence-corrected chi connectivity index (χ4v) is 3.41. The number of nitrogens with zero attached hydrogens (tertiary/aromatic N) is 2. The first-order chi connectivity index (χ1) is 9.19. The summed E-state index contributed by atoms with van der Waals surface area (Å²) in [6, 6.07) is 6.57. The zero-order valence-electron chi connectivity index (χ0n) is 11.5.